The molecule has 0 saturated carbocycles. The molecule has 12 rings (SSSR count). The second-order valence-electron chi connectivity index (χ2n) is 19.8. The average Bonchev–Trinajstić information content (AvgIpc) is 0.788. The zero-order valence-electron chi connectivity index (χ0n) is 50.3. The van der Waals surface area contributed by atoms with Crippen molar-refractivity contribution in [3.63, 3.8) is 0 Å². The Morgan fingerprint density at radius 1 is 0.146 bits per heavy atom. The predicted octanol–water partition coefficient (Wildman–Crippen LogP) is 20.5. The first-order valence-electron chi connectivity index (χ1n) is 28.7. The summed E-state index contributed by atoms with van der Waals surface area (Å²) in [5.41, 5.74) is 0. The highest BCUT2D eigenvalue weighted by Gasteiger charge is 2.41. The van der Waals surface area contributed by atoms with Crippen LogP contribution in [0.15, 0.2) is 423 Å². The summed E-state index contributed by atoms with van der Waals surface area (Å²) < 4.78 is 168. The lowest BCUT2D eigenvalue weighted by Gasteiger charge is -2.38. The molecule has 0 radical (unpaired) electrons. The van der Waals surface area contributed by atoms with Crippen molar-refractivity contribution in [3.8, 4) is 0 Å². The molecule has 0 spiro atoms. The van der Waals surface area contributed by atoms with Gasteiger partial charge in [0.25, 0.3) is 0 Å². The van der Waals surface area contributed by atoms with Gasteiger partial charge in [-0.1, -0.05) is 234 Å². The van der Waals surface area contributed by atoms with Crippen LogP contribution in [0.4, 0.5) is 15.5 Å². The number of benzene rings is 12. The second-order valence-corrected chi connectivity index (χ2v) is 35.3. The Kier molecular flexibility index (Phi) is 24.2. The summed E-state index contributed by atoms with van der Waals surface area (Å²) in [7, 11) is -31.8. The monoisotopic (exact) mass is 1450 g/mol. The van der Waals surface area contributed by atoms with Gasteiger partial charge in [-0.25, -0.2) is 0 Å². The van der Waals surface area contributed by atoms with Gasteiger partial charge in [-0.3, -0.25) is 0 Å². The van der Waals surface area contributed by atoms with E-state index in [9.17, 15) is 49.2 Å². The summed E-state index contributed by atoms with van der Waals surface area (Å²) in [6.07, 6.45) is 0. The molecule has 0 bridgehead atoms. The minimum atomic E-state index is -5.19. The molecular formula is C72H60F4O12S8. The van der Waals surface area contributed by atoms with Crippen LogP contribution in [0.2, 0.25) is 0 Å². The van der Waals surface area contributed by atoms with Crippen molar-refractivity contribution >= 4 is 83.3 Å². The normalized spacial score (nSPS) is 12.7. The number of hydrogen-bond acceptors (Lipinski definition) is 12. The van der Waals surface area contributed by atoms with Gasteiger partial charge in [0.2, 0.25) is 0 Å². The molecule has 0 amide bonds. The van der Waals surface area contributed by atoms with Crippen LogP contribution < -0.4 is 0 Å². The summed E-state index contributed by atoms with van der Waals surface area (Å²) in [4.78, 5) is 7.21. The highest BCUT2D eigenvalue weighted by Crippen LogP contribution is 2.73. The third-order valence-corrected chi connectivity index (χ3v) is 30.7. The Morgan fingerprint density at radius 2 is 0.219 bits per heavy atom. The highest BCUT2D eigenvalue weighted by molar-refractivity contribution is 8.34. The van der Waals surface area contributed by atoms with Gasteiger partial charge < -0.3 is 0 Å². The summed E-state index contributed by atoms with van der Waals surface area (Å²) in [6, 6.07) is 106. The molecule has 0 aliphatic rings. The highest BCUT2D eigenvalue weighted by atomic mass is 32.3. The Bertz CT molecular complexity index is 3830. The van der Waals surface area contributed by atoms with Crippen LogP contribution in [0.1, 0.15) is 0 Å². The minimum absolute atomic E-state index is 0.601. The molecule has 12 nitrogen and oxygen atoms in total. The van der Waals surface area contributed by atoms with E-state index < -0.39 is 83.3 Å². The van der Waals surface area contributed by atoms with E-state index in [2.05, 4.69) is 0 Å². The van der Waals surface area contributed by atoms with Crippen molar-refractivity contribution in [2.45, 2.75) is 58.7 Å². The maximum Gasteiger partial charge on any atom is 0.447 e. The van der Waals surface area contributed by atoms with E-state index in [1.807, 2.05) is 72.8 Å². The number of halogens is 4. The van der Waals surface area contributed by atoms with Crippen LogP contribution >= 0.6 is 41.2 Å². The fourth-order valence-electron chi connectivity index (χ4n) is 9.94. The molecule has 0 heterocycles. The van der Waals surface area contributed by atoms with Gasteiger partial charge >= 0.3 is 42.0 Å². The maximum absolute atomic E-state index is 13.7. The lowest BCUT2D eigenvalue weighted by Crippen LogP contribution is -2.11. The summed E-state index contributed by atoms with van der Waals surface area (Å²) >= 11 is 0. The third kappa shape index (κ3) is 18.1. The molecule has 0 aliphatic carbocycles. The van der Waals surface area contributed by atoms with Gasteiger partial charge in [0.15, 0.2) is 0 Å². The molecule has 0 atom stereocenters. The lowest BCUT2D eigenvalue weighted by atomic mass is 10.4. The zero-order chi connectivity index (χ0) is 68.2. The molecule has 96 heavy (non-hydrogen) atoms. The fourth-order valence-corrected chi connectivity index (χ4v) is 27.4. The minimum Gasteiger partial charge on any atom is -0.181 e. The van der Waals surface area contributed by atoms with E-state index >= 15 is 0 Å². The molecule has 0 unspecified atom stereocenters. The Labute approximate surface area is 565 Å². The quantitative estimate of drug-likeness (QED) is 0.0523. The van der Waals surface area contributed by atoms with Gasteiger partial charge in [-0.05, 0) is 187 Å². The van der Waals surface area contributed by atoms with Gasteiger partial charge in [-0.2, -0.15) is 48.2 Å². The van der Waals surface area contributed by atoms with Crippen LogP contribution in [-0.2, 0) is 56.5 Å². The van der Waals surface area contributed by atoms with Crippen molar-refractivity contribution in [1.82, 2.24) is 0 Å². The first-order chi connectivity index (χ1) is 46.1. The van der Waals surface area contributed by atoms with Crippen LogP contribution in [-0.4, -0.2) is 33.7 Å². The van der Waals surface area contributed by atoms with Crippen LogP contribution in [0.3, 0.4) is 0 Å². The van der Waals surface area contributed by atoms with Crippen molar-refractivity contribution in [3.05, 3.63) is 364 Å². The van der Waals surface area contributed by atoms with E-state index in [0.717, 1.165) is 0 Å². The molecule has 12 aromatic carbocycles. The van der Waals surface area contributed by atoms with Gasteiger partial charge in [0.05, 0.1) is 0 Å². The summed E-state index contributed by atoms with van der Waals surface area (Å²) in [5, 5.41) is 0. The molecule has 0 saturated heterocycles. The smallest absolute Gasteiger partial charge is 0.181 e. The predicted molar refractivity (Wildman–Crippen MR) is 371 cm³/mol. The molecule has 0 aliphatic heterocycles. The topological polar surface area (TPSA) is 173 Å². The third-order valence-electron chi connectivity index (χ3n) is 13.6. The average molecular weight is 1450 g/mol. The van der Waals surface area contributed by atoms with Crippen molar-refractivity contribution in [2.75, 3.05) is 0 Å². The van der Waals surface area contributed by atoms with Gasteiger partial charge in [0, 0.05) is 58.7 Å². The SMILES string of the molecule is O=S(=O)(F)OS(c1ccccc1)(c1ccccc1)c1ccccc1.O=S(=O)(F)OS(c1ccccc1)(c1ccccc1)c1ccccc1.O=S(=O)(F)OS(c1ccccc1)(c1ccccc1)c1ccccc1.O=S(=O)(F)OS(c1ccccc1)(c1ccccc1)c1ccccc1. The molecule has 496 valence electrons. The van der Waals surface area contributed by atoms with Crippen molar-refractivity contribution in [2.24, 2.45) is 0 Å². The molecule has 0 aromatic heterocycles. The van der Waals surface area contributed by atoms with E-state index in [1.54, 1.807) is 291 Å². The fraction of sp³-hybridized carbons (Fsp3) is 0. The second kappa shape index (κ2) is 32.4. The largest absolute Gasteiger partial charge is 0.447 e. The Hall–Kier alpha value is -8.60. The standard InChI is InChI=1S/4C18H15FO3S2/c4*19-24(20,21)22-23(16-10-4-1-5-11-16,17-12-6-2-7-13-17)18-14-8-3-9-15-18/h4*1-15H. The summed E-state index contributed by atoms with van der Waals surface area (Å²) in [6.45, 7) is 0. The van der Waals surface area contributed by atoms with Gasteiger partial charge in [-0.15, -0.1) is 0 Å². The van der Waals surface area contributed by atoms with Crippen LogP contribution in [0.25, 0.3) is 0 Å². The Balaban J connectivity index is 0.000000150. The van der Waals surface area contributed by atoms with E-state index in [1.165, 1.54) is 0 Å². The first kappa shape index (κ1) is 71.7. The molecular weight excluding hydrogens is 1390 g/mol. The van der Waals surface area contributed by atoms with Gasteiger partial charge in [0.1, 0.15) is 0 Å². The molecule has 24 heteroatoms. The number of rotatable bonds is 20. The van der Waals surface area contributed by atoms with Crippen molar-refractivity contribution < 1.29 is 63.7 Å². The van der Waals surface area contributed by atoms with Crippen LogP contribution in [0, 0.1) is 0 Å². The molecule has 0 fully saturated rings. The Morgan fingerprint density at radius 3 is 0.281 bits per heavy atom. The van der Waals surface area contributed by atoms with Crippen LogP contribution in [0.5, 0.6) is 0 Å². The van der Waals surface area contributed by atoms with Crippen molar-refractivity contribution in [1.29, 1.82) is 0 Å². The van der Waals surface area contributed by atoms with E-state index in [-0.39, 0.29) is 0 Å². The first-order valence-corrected chi connectivity index (χ1v) is 40.1. The lowest BCUT2D eigenvalue weighted by molar-refractivity contribution is 0.456. The zero-order valence-corrected chi connectivity index (χ0v) is 56.8. The maximum atomic E-state index is 13.7. The van der Waals surface area contributed by atoms with E-state index in [4.69, 9.17) is 14.5 Å². The summed E-state index contributed by atoms with van der Waals surface area (Å²) in [5.74, 6) is 0. The number of hydrogen-bond donors (Lipinski definition) is 0. The molecule has 12 aromatic rings. The van der Waals surface area contributed by atoms with E-state index in [0.29, 0.717) is 58.7 Å². The molecule has 0 N–H and O–H groups in total.